The number of rotatable bonds is 5. The molecule has 106 valence electrons. The van der Waals surface area contributed by atoms with Crippen LogP contribution in [-0.2, 0) is 0 Å². The number of nitrogens with zero attached hydrogens (tertiary/aromatic N) is 1. The molecule has 1 saturated carbocycles. The molecule has 1 aromatic carbocycles. The molecular formula is C13H17F3N2O. The number of nitrogens with two attached hydrogens (primary N) is 1. The molecule has 0 aromatic heterocycles. The van der Waals surface area contributed by atoms with E-state index in [0.717, 1.165) is 18.4 Å². The summed E-state index contributed by atoms with van der Waals surface area (Å²) in [6, 6.07) is 6.44. The maximum atomic E-state index is 12.2. The lowest BCUT2D eigenvalue weighted by molar-refractivity contribution is -0.274. The SMILES string of the molecule is CN(C1CC1)C(CN)c1cccc(OC(F)(F)F)c1. The minimum Gasteiger partial charge on any atom is -0.406 e. The summed E-state index contributed by atoms with van der Waals surface area (Å²) in [7, 11) is 1.95. The van der Waals surface area contributed by atoms with E-state index in [1.807, 2.05) is 7.05 Å². The largest absolute Gasteiger partial charge is 0.573 e. The second-order valence-corrected chi connectivity index (χ2v) is 4.77. The van der Waals surface area contributed by atoms with Gasteiger partial charge in [0.25, 0.3) is 0 Å². The topological polar surface area (TPSA) is 38.5 Å². The Morgan fingerprint density at radius 2 is 2.11 bits per heavy atom. The zero-order valence-electron chi connectivity index (χ0n) is 10.7. The molecule has 1 aromatic rings. The summed E-state index contributed by atoms with van der Waals surface area (Å²) in [5, 5.41) is 0. The molecule has 0 saturated heterocycles. The van der Waals surface area contributed by atoms with Crippen LogP contribution in [0, 0.1) is 0 Å². The van der Waals surface area contributed by atoms with Gasteiger partial charge in [0.05, 0.1) is 0 Å². The number of hydrogen-bond donors (Lipinski definition) is 1. The Balaban J connectivity index is 2.16. The molecule has 6 heteroatoms. The van der Waals surface area contributed by atoms with Gasteiger partial charge in [0.2, 0.25) is 0 Å². The van der Waals surface area contributed by atoms with Crippen molar-refractivity contribution in [3.63, 3.8) is 0 Å². The fourth-order valence-corrected chi connectivity index (χ4v) is 2.19. The van der Waals surface area contributed by atoms with Crippen LogP contribution in [0.1, 0.15) is 24.4 Å². The van der Waals surface area contributed by atoms with Gasteiger partial charge in [-0.15, -0.1) is 13.2 Å². The van der Waals surface area contributed by atoms with Crippen LogP contribution in [0.15, 0.2) is 24.3 Å². The van der Waals surface area contributed by atoms with Crippen molar-refractivity contribution >= 4 is 0 Å². The number of hydrogen-bond acceptors (Lipinski definition) is 3. The monoisotopic (exact) mass is 274 g/mol. The van der Waals surface area contributed by atoms with Crippen molar-refractivity contribution in [2.24, 2.45) is 5.73 Å². The third-order valence-electron chi connectivity index (χ3n) is 3.31. The number of likely N-dealkylation sites (N-methyl/N-ethyl adjacent to an activating group) is 1. The number of ether oxygens (including phenoxy) is 1. The van der Waals surface area contributed by atoms with Gasteiger partial charge in [-0.25, -0.2) is 0 Å². The summed E-state index contributed by atoms with van der Waals surface area (Å²) in [4.78, 5) is 2.12. The summed E-state index contributed by atoms with van der Waals surface area (Å²) < 4.78 is 40.5. The van der Waals surface area contributed by atoms with Crippen LogP contribution in [0.5, 0.6) is 5.75 Å². The van der Waals surface area contributed by atoms with E-state index in [2.05, 4.69) is 9.64 Å². The summed E-state index contributed by atoms with van der Waals surface area (Å²) in [5.41, 5.74) is 6.49. The first-order valence-corrected chi connectivity index (χ1v) is 6.18. The van der Waals surface area contributed by atoms with Crippen LogP contribution in [0.3, 0.4) is 0 Å². The zero-order valence-corrected chi connectivity index (χ0v) is 10.7. The highest BCUT2D eigenvalue weighted by Gasteiger charge is 2.33. The van der Waals surface area contributed by atoms with E-state index in [0.29, 0.717) is 12.6 Å². The van der Waals surface area contributed by atoms with Crippen LogP contribution in [0.25, 0.3) is 0 Å². The van der Waals surface area contributed by atoms with Gasteiger partial charge in [-0.1, -0.05) is 12.1 Å². The summed E-state index contributed by atoms with van der Waals surface area (Å²) in [6.07, 6.45) is -2.43. The Morgan fingerprint density at radius 1 is 1.42 bits per heavy atom. The molecule has 1 unspecified atom stereocenters. The molecule has 1 aliphatic rings. The fourth-order valence-electron chi connectivity index (χ4n) is 2.19. The van der Waals surface area contributed by atoms with E-state index in [-0.39, 0.29) is 11.8 Å². The summed E-state index contributed by atoms with van der Waals surface area (Å²) in [5.74, 6) is -0.201. The predicted molar refractivity (Wildman–Crippen MR) is 65.7 cm³/mol. The molecule has 2 rings (SSSR count). The van der Waals surface area contributed by atoms with E-state index in [9.17, 15) is 13.2 Å². The molecule has 0 aliphatic heterocycles. The third kappa shape index (κ3) is 3.84. The highest BCUT2D eigenvalue weighted by molar-refractivity contribution is 5.31. The highest BCUT2D eigenvalue weighted by Crippen LogP contribution is 2.33. The second-order valence-electron chi connectivity index (χ2n) is 4.77. The highest BCUT2D eigenvalue weighted by atomic mass is 19.4. The van der Waals surface area contributed by atoms with Crippen LogP contribution < -0.4 is 10.5 Å². The molecule has 1 aliphatic carbocycles. The van der Waals surface area contributed by atoms with Gasteiger partial charge >= 0.3 is 6.36 Å². The molecule has 1 atom stereocenters. The lowest BCUT2D eigenvalue weighted by atomic mass is 10.1. The first-order chi connectivity index (χ1) is 8.90. The molecule has 0 heterocycles. The van der Waals surface area contributed by atoms with Crippen molar-refractivity contribution in [2.45, 2.75) is 31.3 Å². The van der Waals surface area contributed by atoms with Crippen LogP contribution in [-0.4, -0.2) is 30.9 Å². The Bertz CT molecular complexity index is 432. The van der Waals surface area contributed by atoms with Gasteiger partial charge in [-0.3, -0.25) is 4.90 Å². The van der Waals surface area contributed by atoms with Crippen LogP contribution >= 0.6 is 0 Å². The zero-order chi connectivity index (χ0) is 14.0. The van der Waals surface area contributed by atoms with E-state index >= 15 is 0 Å². The third-order valence-corrected chi connectivity index (χ3v) is 3.31. The molecule has 0 bridgehead atoms. The van der Waals surface area contributed by atoms with E-state index in [1.54, 1.807) is 12.1 Å². The quantitative estimate of drug-likeness (QED) is 0.897. The summed E-state index contributed by atoms with van der Waals surface area (Å²) >= 11 is 0. The van der Waals surface area contributed by atoms with Crippen molar-refractivity contribution in [1.82, 2.24) is 4.90 Å². The van der Waals surface area contributed by atoms with Gasteiger partial charge in [0, 0.05) is 18.6 Å². The van der Waals surface area contributed by atoms with Crippen molar-refractivity contribution in [3.05, 3.63) is 29.8 Å². The Kier molecular flexibility index (Phi) is 4.01. The Hall–Kier alpha value is -1.27. The molecule has 0 radical (unpaired) electrons. The number of benzene rings is 1. The molecule has 0 amide bonds. The fraction of sp³-hybridized carbons (Fsp3) is 0.538. The van der Waals surface area contributed by atoms with E-state index in [1.165, 1.54) is 12.1 Å². The van der Waals surface area contributed by atoms with Crippen molar-refractivity contribution < 1.29 is 17.9 Å². The normalized spacial score (nSPS) is 17.6. The Morgan fingerprint density at radius 3 is 2.63 bits per heavy atom. The smallest absolute Gasteiger partial charge is 0.406 e. The van der Waals surface area contributed by atoms with Crippen molar-refractivity contribution in [3.8, 4) is 5.75 Å². The second kappa shape index (κ2) is 5.38. The van der Waals surface area contributed by atoms with Gasteiger partial charge in [0.1, 0.15) is 5.75 Å². The first kappa shape index (κ1) is 14.1. The average molecular weight is 274 g/mol. The Labute approximate surface area is 110 Å². The maximum absolute atomic E-state index is 12.2. The van der Waals surface area contributed by atoms with Crippen LogP contribution in [0.4, 0.5) is 13.2 Å². The molecule has 0 spiro atoms. The van der Waals surface area contributed by atoms with Gasteiger partial charge in [-0.05, 0) is 37.6 Å². The summed E-state index contributed by atoms with van der Waals surface area (Å²) in [6.45, 7) is 0.364. The lowest BCUT2D eigenvalue weighted by Crippen LogP contribution is -2.32. The molecule has 3 nitrogen and oxygen atoms in total. The lowest BCUT2D eigenvalue weighted by Gasteiger charge is -2.27. The molecular weight excluding hydrogens is 257 g/mol. The average Bonchev–Trinajstić information content (AvgIpc) is 3.11. The predicted octanol–water partition coefficient (Wildman–Crippen LogP) is 2.68. The van der Waals surface area contributed by atoms with Crippen LogP contribution in [0.2, 0.25) is 0 Å². The minimum atomic E-state index is -4.67. The minimum absolute atomic E-state index is 0.0794. The van der Waals surface area contributed by atoms with E-state index < -0.39 is 6.36 Å². The standard InChI is InChI=1S/C13H17F3N2O/c1-18(10-5-6-10)12(8-17)9-3-2-4-11(7-9)19-13(14,15)16/h2-4,7,10,12H,5-6,8,17H2,1H3. The van der Waals surface area contributed by atoms with Gasteiger partial charge in [0.15, 0.2) is 0 Å². The van der Waals surface area contributed by atoms with E-state index in [4.69, 9.17) is 5.73 Å². The molecule has 19 heavy (non-hydrogen) atoms. The first-order valence-electron chi connectivity index (χ1n) is 6.18. The van der Waals surface area contributed by atoms with Gasteiger partial charge in [-0.2, -0.15) is 0 Å². The maximum Gasteiger partial charge on any atom is 0.573 e. The number of halogens is 3. The van der Waals surface area contributed by atoms with Crippen molar-refractivity contribution in [2.75, 3.05) is 13.6 Å². The van der Waals surface area contributed by atoms with Gasteiger partial charge < -0.3 is 10.5 Å². The molecule has 2 N–H and O–H groups in total. The number of alkyl halides is 3. The van der Waals surface area contributed by atoms with Crippen molar-refractivity contribution in [1.29, 1.82) is 0 Å². The molecule has 1 fully saturated rings.